The first-order valence-corrected chi connectivity index (χ1v) is 20.3. The van der Waals surface area contributed by atoms with E-state index >= 15 is 4.79 Å². The normalized spacial score (nSPS) is 42.6. The summed E-state index contributed by atoms with van der Waals surface area (Å²) >= 11 is 0. The summed E-state index contributed by atoms with van der Waals surface area (Å²) < 4.78 is 5.99. The lowest BCUT2D eigenvalue weighted by Crippen LogP contribution is -2.67. The van der Waals surface area contributed by atoms with Gasteiger partial charge in [-0.2, -0.15) is 0 Å². The number of nitrogens with one attached hydrogen (secondary N) is 1. The molecule has 5 aliphatic carbocycles. The van der Waals surface area contributed by atoms with Gasteiger partial charge in [0.1, 0.15) is 11.9 Å². The van der Waals surface area contributed by atoms with E-state index in [-0.39, 0.29) is 45.2 Å². The van der Waals surface area contributed by atoms with Crippen molar-refractivity contribution in [3.05, 3.63) is 48.7 Å². The second kappa shape index (κ2) is 12.0. The number of imidazole rings is 1. The second-order valence-electron chi connectivity index (χ2n) is 19.4. The van der Waals surface area contributed by atoms with Crippen molar-refractivity contribution in [1.82, 2.24) is 19.9 Å². The minimum Gasteiger partial charge on any atom is -0.462 e. The Morgan fingerprint density at radius 2 is 1.71 bits per heavy atom. The molecule has 1 saturated heterocycles. The van der Waals surface area contributed by atoms with Crippen molar-refractivity contribution in [2.24, 2.45) is 56.7 Å². The smallest absolute Gasteiger partial charge is 0.302 e. The first-order chi connectivity index (χ1) is 24.2. The number of carbonyl (C=O) groups excluding carboxylic acids is 2. The summed E-state index contributed by atoms with van der Waals surface area (Å²) in [6.45, 7) is 21.9. The van der Waals surface area contributed by atoms with Crippen molar-refractivity contribution in [2.45, 2.75) is 138 Å². The highest BCUT2D eigenvalue weighted by Gasteiger charge is 2.72. The van der Waals surface area contributed by atoms with E-state index in [0.29, 0.717) is 35.5 Å². The highest BCUT2D eigenvalue weighted by Crippen LogP contribution is 2.78. The molecule has 8 rings (SSSR count). The molecule has 7 nitrogen and oxygen atoms in total. The van der Waals surface area contributed by atoms with Gasteiger partial charge in [0.15, 0.2) is 0 Å². The molecule has 11 atom stereocenters. The predicted molar refractivity (Wildman–Crippen MR) is 200 cm³/mol. The number of ether oxygens (including phenoxy) is 1. The van der Waals surface area contributed by atoms with Gasteiger partial charge in [0.2, 0.25) is 5.91 Å². The maximum atomic E-state index is 15.4. The summed E-state index contributed by atoms with van der Waals surface area (Å²) in [6.07, 6.45) is 18.6. The van der Waals surface area contributed by atoms with E-state index in [4.69, 9.17) is 9.72 Å². The topological polar surface area (TPSA) is 88.2 Å². The lowest BCUT2D eigenvalue weighted by Gasteiger charge is -2.73. The van der Waals surface area contributed by atoms with Crippen LogP contribution in [0.5, 0.6) is 0 Å². The highest BCUT2D eigenvalue weighted by atomic mass is 16.5. The van der Waals surface area contributed by atoms with Crippen LogP contribution >= 0.6 is 0 Å². The molecule has 1 amide bonds. The third kappa shape index (κ3) is 4.94. The van der Waals surface area contributed by atoms with Gasteiger partial charge >= 0.3 is 5.97 Å². The molecule has 0 spiro atoms. The maximum absolute atomic E-state index is 15.4. The monoisotopic (exact) mass is 694 g/mol. The van der Waals surface area contributed by atoms with Crippen molar-refractivity contribution < 1.29 is 14.3 Å². The lowest BCUT2D eigenvalue weighted by atomic mass is 9.32. The molecule has 6 fully saturated rings. The van der Waals surface area contributed by atoms with Gasteiger partial charge < -0.3 is 14.6 Å². The third-order valence-corrected chi connectivity index (χ3v) is 17.1. The van der Waals surface area contributed by atoms with Crippen LogP contribution < -0.4 is 0 Å². The van der Waals surface area contributed by atoms with Gasteiger partial charge in [-0.05, 0) is 142 Å². The first kappa shape index (κ1) is 35.1. The van der Waals surface area contributed by atoms with E-state index in [1.807, 2.05) is 18.5 Å². The number of rotatable bonds is 5. The fourth-order valence-electron chi connectivity index (χ4n) is 14.7. The number of carbonyl (C=O) groups is 2. The number of pyridine rings is 1. The van der Waals surface area contributed by atoms with Crippen LogP contribution in [0, 0.1) is 56.7 Å². The molecular weight excluding hydrogens is 633 g/mol. The van der Waals surface area contributed by atoms with Gasteiger partial charge in [0, 0.05) is 36.8 Å². The standard InChI is InChI=1S/C44H62N4O3/c1-27(2)30-15-20-44(39(50)48-24-10-12-33(48)38-46-26-32(47-38)29-11-9-23-45-25-29)22-21-42(7)31(37(30)44)13-14-35-41(6)18-17-36(51-28(3)49)40(4,5)34(41)16-19-43(35,42)8/h9,11,23,25-26,30-31,33-37H,1,10,12-22,24H2,2-8H3,(H,46,47)/t30-,31+,33-,34-,35+,36-,37+,41-,42+,43+,44-/m0/s1. The zero-order chi connectivity index (χ0) is 36.1. The Morgan fingerprint density at radius 1 is 0.902 bits per heavy atom. The van der Waals surface area contributed by atoms with Crippen molar-refractivity contribution in [2.75, 3.05) is 6.54 Å². The second-order valence-corrected chi connectivity index (χ2v) is 19.4. The fourth-order valence-corrected chi connectivity index (χ4v) is 14.7. The summed E-state index contributed by atoms with van der Waals surface area (Å²) in [5.74, 6) is 3.57. The Balaban J connectivity index is 1.11. The molecule has 0 bridgehead atoms. The minimum atomic E-state index is -0.330. The van der Waals surface area contributed by atoms with Crippen LogP contribution in [0.1, 0.15) is 137 Å². The zero-order valence-corrected chi connectivity index (χ0v) is 32.4. The average molecular weight is 695 g/mol. The molecule has 276 valence electrons. The molecule has 5 saturated carbocycles. The minimum absolute atomic E-state index is 0.00185. The van der Waals surface area contributed by atoms with E-state index < -0.39 is 0 Å². The van der Waals surface area contributed by atoms with Crippen LogP contribution in [0.3, 0.4) is 0 Å². The molecule has 1 aliphatic heterocycles. The van der Waals surface area contributed by atoms with Crippen molar-refractivity contribution in [1.29, 1.82) is 0 Å². The summed E-state index contributed by atoms with van der Waals surface area (Å²) in [5, 5.41) is 0. The summed E-state index contributed by atoms with van der Waals surface area (Å²) in [6, 6.07) is 3.99. The Labute approximate surface area is 306 Å². The number of amides is 1. The fraction of sp³-hybridized carbons (Fsp3) is 0.727. The molecule has 3 heterocycles. The molecule has 2 aromatic rings. The largest absolute Gasteiger partial charge is 0.462 e. The Bertz CT molecular complexity index is 1700. The van der Waals surface area contributed by atoms with E-state index in [9.17, 15) is 4.79 Å². The van der Waals surface area contributed by atoms with E-state index in [0.717, 1.165) is 75.0 Å². The summed E-state index contributed by atoms with van der Waals surface area (Å²) in [5.41, 5.74) is 3.47. The Hall–Kier alpha value is -2.96. The quantitative estimate of drug-likeness (QED) is 0.249. The summed E-state index contributed by atoms with van der Waals surface area (Å²) in [7, 11) is 0. The van der Waals surface area contributed by atoms with Crippen molar-refractivity contribution in [3.8, 4) is 11.3 Å². The van der Waals surface area contributed by atoms with Gasteiger partial charge in [0.25, 0.3) is 0 Å². The Morgan fingerprint density at radius 3 is 2.43 bits per heavy atom. The molecule has 0 radical (unpaired) electrons. The number of likely N-dealkylation sites (tertiary alicyclic amines) is 1. The lowest BCUT2D eigenvalue weighted by molar-refractivity contribution is -0.249. The Kier molecular flexibility index (Phi) is 8.28. The highest BCUT2D eigenvalue weighted by molar-refractivity contribution is 5.84. The average Bonchev–Trinajstić information content (AvgIpc) is 3.85. The van der Waals surface area contributed by atoms with Gasteiger partial charge in [-0.25, -0.2) is 4.98 Å². The number of hydrogen-bond donors (Lipinski definition) is 1. The van der Waals surface area contributed by atoms with Gasteiger partial charge in [-0.3, -0.25) is 14.6 Å². The van der Waals surface area contributed by atoms with Gasteiger partial charge in [-0.1, -0.05) is 46.8 Å². The van der Waals surface area contributed by atoms with Crippen molar-refractivity contribution >= 4 is 11.9 Å². The molecule has 6 aliphatic rings. The number of H-pyrrole nitrogens is 1. The van der Waals surface area contributed by atoms with Crippen LogP contribution in [0.2, 0.25) is 0 Å². The first-order valence-electron chi connectivity index (χ1n) is 20.3. The molecular formula is C44H62N4O3. The van der Waals surface area contributed by atoms with Crippen LogP contribution in [-0.4, -0.2) is 44.4 Å². The van der Waals surface area contributed by atoms with Crippen molar-refractivity contribution in [3.63, 3.8) is 0 Å². The van der Waals surface area contributed by atoms with E-state index in [2.05, 4.69) is 69.1 Å². The number of hydrogen-bond acceptors (Lipinski definition) is 5. The predicted octanol–water partition coefficient (Wildman–Crippen LogP) is 9.72. The maximum Gasteiger partial charge on any atom is 0.302 e. The number of aromatic amines is 1. The molecule has 0 unspecified atom stereocenters. The van der Waals surface area contributed by atoms with Gasteiger partial charge in [-0.15, -0.1) is 0 Å². The number of esters is 1. The SMILES string of the molecule is C=C(C)[C@@H]1CC[C@]2(C(=O)N3CCC[C@H]3c3ncc(-c4cccnc4)[nH]3)CC[C@]3(C)[C@H](CC[C@@H]4[C@@]5(C)CC[C@H](OC(C)=O)C(C)(C)[C@@H]5CC[C@]43C)[C@@H]12. The van der Waals surface area contributed by atoms with Crippen LogP contribution in [-0.2, 0) is 14.3 Å². The zero-order valence-electron chi connectivity index (χ0n) is 32.4. The molecule has 2 aromatic heterocycles. The van der Waals surface area contributed by atoms with E-state index in [1.165, 1.54) is 31.3 Å². The number of nitrogens with zero attached hydrogens (tertiary/aromatic N) is 3. The number of allylic oxidation sites excluding steroid dienone is 1. The molecule has 0 aromatic carbocycles. The van der Waals surface area contributed by atoms with Crippen LogP contribution in [0.15, 0.2) is 42.9 Å². The van der Waals surface area contributed by atoms with Crippen LogP contribution in [0.4, 0.5) is 0 Å². The summed E-state index contributed by atoms with van der Waals surface area (Å²) in [4.78, 5) is 42.5. The molecule has 7 heteroatoms. The van der Waals surface area contributed by atoms with E-state index in [1.54, 1.807) is 13.1 Å². The van der Waals surface area contributed by atoms with Crippen LogP contribution in [0.25, 0.3) is 11.3 Å². The molecule has 51 heavy (non-hydrogen) atoms. The molecule has 1 N–H and O–H groups in total. The third-order valence-electron chi connectivity index (χ3n) is 17.1. The van der Waals surface area contributed by atoms with Gasteiger partial charge in [0.05, 0.1) is 23.3 Å². The number of aromatic nitrogens is 3. The number of fused-ring (bicyclic) bond motifs is 7.